The number of hydrogen-bond donors (Lipinski definition) is 1. The molecule has 1 aliphatic rings. The van der Waals surface area contributed by atoms with Gasteiger partial charge in [0.05, 0.1) is 20.6 Å². The maximum absolute atomic E-state index is 13.2. The minimum Gasteiger partial charge on any atom is -0.497 e. The van der Waals surface area contributed by atoms with Gasteiger partial charge in [-0.25, -0.2) is 0 Å². The van der Waals surface area contributed by atoms with E-state index in [1.165, 1.54) is 0 Å². The summed E-state index contributed by atoms with van der Waals surface area (Å²) in [4.78, 5) is 28.3. The highest BCUT2D eigenvalue weighted by molar-refractivity contribution is 6.02. The Hall–Kier alpha value is -3.32. The molecule has 2 aromatic carbocycles. The zero-order valence-electron chi connectivity index (χ0n) is 19.5. The molecule has 33 heavy (non-hydrogen) atoms. The van der Waals surface area contributed by atoms with E-state index in [-0.39, 0.29) is 17.9 Å². The van der Waals surface area contributed by atoms with Crippen LogP contribution in [0.25, 0.3) is 10.8 Å². The highest BCUT2D eigenvalue weighted by atomic mass is 16.5. The summed E-state index contributed by atoms with van der Waals surface area (Å²) in [5.74, 6) is 1.60. The van der Waals surface area contributed by atoms with Crippen LogP contribution >= 0.6 is 0 Å². The van der Waals surface area contributed by atoms with Crippen molar-refractivity contribution in [3.63, 3.8) is 0 Å². The van der Waals surface area contributed by atoms with Crippen molar-refractivity contribution in [1.82, 2.24) is 9.47 Å². The van der Waals surface area contributed by atoms with E-state index in [1.54, 1.807) is 26.4 Å². The van der Waals surface area contributed by atoms with Crippen LogP contribution in [0.3, 0.4) is 0 Å². The molecule has 7 nitrogen and oxygen atoms in total. The molecule has 0 spiro atoms. The fourth-order valence-electron chi connectivity index (χ4n) is 4.46. The molecule has 1 aliphatic heterocycles. The van der Waals surface area contributed by atoms with Crippen LogP contribution in [0.2, 0.25) is 0 Å². The lowest BCUT2D eigenvalue weighted by Gasteiger charge is -2.29. The van der Waals surface area contributed by atoms with Crippen LogP contribution in [0.5, 0.6) is 11.5 Å². The number of piperidine rings is 1. The van der Waals surface area contributed by atoms with Gasteiger partial charge in [0, 0.05) is 40.8 Å². The molecule has 1 amide bonds. The molecule has 0 aliphatic carbocycles. The van der Waals surface area contributed by atoms with Crippen molar-refractivity contribution >= 4 is 22.4 Å². The molecular formula is C26H31N3O4. The zero-order valence-corrected chi connectivity index (χ0v) is 19.5. The van der Waals surface area contributed by atoms with Gasteiger partial charge in [0.2, 0.25) is 5.91 Å². The van der Waals surface area contributed by atoms with Gasteiger partial charge in [-0.05, 0) is 63.2 Å². The molecule has 174 valence electrons. The molecule has 2 heterocycles. The summed E-state index contributed by atoms with van der Waals surface area (Å²) in [6, 6.07) is 12.8. The van der Waals surface area contributed by atoms with E-state index in [1.807, 2.05) is 41.1 Å². The quantitative estimate of drug-likeness (QED) is 0.597. The third kappa shape index (κ3) is 5.20. The van der Waals surface area contributed by atoms with Crippen LogP contribution in [0, 0.1) is 5.92 Å². The number of benzene rings is 2. The van der Waals surface area contributed by atoms with E-state index >= 15 is 0 Å². The minimum absolute atomic E-state index is 0.0145. The van der Waals surface area contributed by atoms with E-state index in [0.29, 0.717) is 28.5 Å². The molecule has 0 atom stereocenters. The maximum Gasteiger partial charge on any atom is 0.258 e. The molecule has 0 bridgehead atoms. The second-order valence-electron chi connectivity index (χ2n) is 8.69. The van der Waals surface area contributed by atoms with E-state index in [2.05, 4.69) is 17.3 Å². The maximum atomic E-state index is 13.2. The molecule has 3 aromatic rings. The van der Waals surface area contributed by atoms with Crippen LogP contribution in [-0.2, 0) is 17.8 Å². The van der Waals surface area contributed by atoms with Crippen molar-refractivity contribution in [3.05, 3.63) is 64.6 Å². The lowest BCUT2D eigenvalue weighted by Crippen LogP contribution is -2.33. The summed E-state index contributed by atoms with van der Waals surface area (Å²) in [7, 11) is 5.29. The van der Waals surface area contributed by atoms with Crippen molar-refractivity contribution in [2.45, 2.75) is 25.8 Å². The van der Waals surface area contributed by atoms with Crippen LogP contribution in [0.4, 0.5) is 5.69 Å². The molecule has 1 aromatic heterocycles. The summed E-state index contributed by atoms with van der Waals surface area (Å²) >= 11 is 0. The Kier molecular flexibility index (Phi) is 6.99. The summed E-state index contributed by atoms with van der Waals surface area (Å²) in [5, 5.41) is 4.33. The average molecular weight is 450 g/mol. The van der Waals surface area contributed by atoms with E-state index in [0.717, 1.165) is 43.4 Å². The third-order valence-corrected chi connectivity index (χ3v) is 6.43. The predicted octanol–water partition coefficient (Wildman–Crippen LogP) is 3.54. The number of ether oxygens (including phenoxy) is 2. The van der Waals surface area contributed by atoms with Crippen molar-refractivity contribution < 1.29 is 14.3 Å². The van der Waals surface area contributed by atoms with Gasteiger partial charge in [-0.15, -0.1) is 0 Å². The van der Waals surface area contributed by atoms with Crippen LogP contribution in [-0.4, -0.2) is 49.7 Å². The van der Waals surface area contributed by atoms with Crippen molar-refractivity contribution in [3.8, 4) is 11.5 Å². The van der Waals surface area contributed by atoms with Gasteiger partial charge in [0.25, 0.3) is 5.56 Å². The number of nitrogens with one attached hydrogen (secondary N) is 1. The normalized spacial score (nSPS) is 14.9. The van der Waals surface area contributed by atoms with Crippen LogP contribution in [0.1, 0.15) is 18.4 Å². The predicted molar refractivity (Wildman–Crippen MR) is 130 cm³/mol. The standard InChI is InChI=1S/C26H31N3O4/c1-28-12-9-18(10-13-28)17-29-14-11-21-22(26(29)31)5-4-6-23(21)27-25(30)15-19-7-8-20(32-2)16-24(19)33-3/h4-8,11,14,16,18H,9-10,12-13,15,17H2,1-3H3,(H,27,30). The molecule has 0 saturated carbocycles. The number of carbonyl (C=O) groups is 1. The molecule has 1 saturated heterocycles. The highest BCUT2D eigenvalue weighted by Crippen LogP contribution is 2.26. The number of hydrogen-bond acceptors (Lipinski definition) is 5. The molecule has 4 rings (SSSR count). The number of nitrogens with zero attached hydrogens (tertiary/aromatic N) is 2. The molecule has 7 heteroatoms. The minimum atomic E-state index is -0.179. The van der Waals surface area contributed by atoms with Crippen molar-refractivity contribution in [2.24, 2.45) is 5.92 Å². The fraction of sp³-hybridized carbons (Fsp3) is 0.385. The van der Waals surface area contributed by atoms with Crippen LogP contribution in [0.15, 0.2) is 53.5 Å². The van der Waals surface area contributed by atoms with Gasteiger partial charge in [0.15, 0.2) is 0 Å². The number of methoxy groups -OCH3 is 2. The number of fused-ring (bicyclic) bond motifs is 1. The Balaban J connectivity index is 1.52. The Labute approximate surface area is 193 Å². The molecule has 0 radical (unpaired) electrons. The first-order valence-electron chi connectivity index (χ1n) is 11.3. The van der Waals surface area contributed by atoms with Crippen molar-refractivity contribution in [1.29, 1.82) is 0 Å². The van der Waals surface area contributed by atoms with Gasteiger partial charge in [-0.1, -0.05) is 12.1 Å². The number of aromatic nitrogens is 1. The summed E-state index contributed by atoms with van der Waals surface area (Å²) in [6.45, 7) is 2.88. The monoisotopic (exact) mass is 449 g/mol. The van der Waals surface area contributed by atoms with Gasteiger partial charge in [-0.3, -0.25) is 9.59 Å². The Morgan fingerprint density at radius 1 is 1.06 bits per heavy atom. The summed E-state index contributed by atoms with van der Waals surface area (Å²) < 4.78 is 12.4. The first-order chi connectivity index (χ1) is 16.0. The van der Waals surface area contributed by atoms with E-state index in [9.17, 15) is 9.59 Å². The van der Waals surface area contributed by atoms with Crippen LogP contribution < -0.4 is 20.3 Å². The number of carbonyl (C=O) groups excluding carboxylic acids is 1. The Morgan fingerprint density at radius 2 is 1.85 bits per heavy atom. The number of likely N-dealkylation sites (tertiary alicyclic amines) is 1. The number of amides is 1. The molecule has 0 unspecified atom stereocenters. The molecular weight excluding hydrogens is 418 g/mol. The first kappa shape index (κ1) is 22.9. The Morgan fingerprint density at radius 3 is 2.58 bits per heavy atom. The zero-order chi connectivity index (χ0) is 23.4. The molecule has 1 fully saturated rings. The smallest absolute Gasteiger partial charge is 0.258 e. The van der Waals surface area contributed by atoms with Gasteiger partial charge in [0.1, 0.15) is 11.5 Å². The highest BCUT2D eigenvalue weighted by Gasteiger charge is 2.18. The summed E-state index contributed by atoms with van der Waals surface area (Å²) in [6.07, 6.45) is 4.21. The lowest BCUT2D eigenvalue weighted by molar-refractivity contribution is -0.115. The number of pyridine rings is 1. The second-order valence-corrected chi connectivity index (χ2v) is 8.69. The number of anilines is 1. The van der Waals surface area contributed by atoms with E-state index in [4.69, 9.17) is 9.47 Å². The van der Waals surface area contributed by atoms with Gasteiger partial charge >= 0.3 is 0 Å². The fourth-order valence-corrected chi connectivity index (χ4v) is 4.46. The largest absolute Gasteiger partial charge is 0.497 e. The lowest BCUT2D eigenvalue weighted by atomic mass is 9.97. The first-order valence-corrected chi connectivity index (χ1v) is 11.3. The van der Waals surface area contributed by atoms with E-state index < -0.39 is 0 Å². The SMILES string of the molecule is COc1ccc(CC(=O)Nc2cccc3c(=O)n(CC4CCN(C)CC4)ccc23)c(OC)c1. The number of rotatable bonds is 7. The average Bonchev–Trinajstić information content (AvgIpc) is 2.82. The van der Waals surface area contributed by atoms with Gasteiger partial charge in [-0.2, -0.15) is 0 Å². The topological polar surface area (TPSA) is 72.8 Å². The summed E-state index contributed by atoms with van der Waals surface area (Å²) in [5.41, 5.74) is 1.38. The Bertz CT molecular complexity index is 1200. The second kappa shape index (κ2) is 10.1. The van der Waals surface area contributed by atoms with Gasteiger partial charge < -0.3 is 24.3 Å². The molecule has 1 N–H and O–H groups in total. The van der Waals surface area contributed by atoms with Crippen molar-refractivity contribution in [2.75, 3.05) is 39.7 Å². The third-order valence-electron chi connectivity index (χ3n) is 6.43.